The molecule has 0 aliphatic carbocycles. The van der Waals surface area contributed by atoms with Gasteiger partial charge in [0, 0.05) is 16.8 Å². The van der Waals surface area contributed by atoms with Crippen molar-refractivity contribution in [1.82, 2.24) is 10.1 Å². The summed E-state index contributed by atoms with van der Waals surface area (Å²) in [5.74, 6) is 3.97. The van der Waals surface area contributed by atoms with Crippen LogP contribution in [0, 0.1) is 0 Å². The minimum Gasteiger partial charge on any atom is -0.338 e. The number of alkyl halides is 1. The van der Waals surface area contributed by atoms with Crippen molar-refractivity contribution in [3.63, 3.8) is 0 Å². The van der Waals surface area contributed by atoms with E-state index in [2.05, 4.69) is 39.9 Å². The maximum absolute atomic E-state index is 5.29. The second-order valence-corrected chi connectivity index (χ2v) is 7.57. The number of aromatic nitrogens is 2. The number of thioether (sulfide) groups is 2. The van der Waals surface area contributed by atoms with E-state index in [0.717, 1.165) is 12.2 Å². The molecule has 3 atom stereocenters. The molecule has 1 saturated heterocycles. The highest BCUT2D eigenvalue weighted by Gasteiger charge is 2.29. The molecule has 1 aliphatic heterocycles. The van der Waals surface area contributed by atoms with Gasteiger partial charge in [0.05, 0.1) is 10.1 Å². The van der Waals surface area contributed by atoms with Crippen molar-refractivity contribution in [2.24, 2.45) is 0 Å². The lowest BCUT2D eigenvalue weighted by atomic mass is 10.3. The van der Waals surface area contributed by atoms with Crippen LogP contribution in [0.5, 0.6) is 0 Å². The average molecular weight is 323 g/mol. The first kappa shape index (κ1) is 12.8. The van der Waals surface area contributed by atoms with E-state index in [1.807, 2.05) is 23.5 Å². The molecule has 1 fully saturated rings. The van der Waals surface area contributed by atoms with Crippen LogP contribution in [0.2, 0.25) is 0 Å². The van der Waals surface area contributed by atoms with E-state index in [1.54, 1.807) is 0 Å². The Balaban J connectivity index is 2.11. The molecular formula is C10H15BrN2OS2. The minimum absolute atomic E-state index is 0.185. The van der Waals surface area contributed by atoms with E-state index >= 15 is 0 Å². The van der Waals surface area contributed by atoms with Gasteiger partial charge < -0.3 is 4.52 Å². The summed E-state index contributed by atoms with van der Waals surface area (Å²) in [5.41, 5.74) is 0. The van der Waals surface area contributed by atoms with Crippen molar-refractivity contribution in [2.75, 3.05) is 11.5 Å². The summed E-state index contributed by atoms with van der Waals surface area (Å²) in [5, 5.41) is 5.06. The first-order valence-electron chi connectivity index (χ1n) is 5.43. The molecule has 1 aromatic heterocycles. The molecule has 2 rings (SSSR count). The standard InChI is InChI=1S/C10H15BrN2OS2/c1-3-7(11)10-12-9(13-14-10)8-6(2)15-4-5-16-8/h6-8H,3-5H2,1-2H3. The zero-order valence-corrected chi connectivity index (χ0v) is 12.6. The molecule has 0 saturated carbocycles. The molecular weight excluding hydrogens is 308 g/mol. The van der Waals surface area contributed by atoms with Gasteiger partial charge in [0.25, 0.3) is 0 Å². The highest BCUT2D eigenvalue weighted by atomic mass is 79.9. The van der Waals surface area contributed by atoms with Gasteiger partial charge in [0.15, 0.2) is 5.82 Å². The Kier molecular flexibility index (Phi) is 4.61. The number of halogens is 1. The van der Waals surface area contributed by atoms with Gasteiger partial charge in [-0.1, -0.05) is 34.9 Å². The molecule has 16 heavy (non-hydrogen) atoms. The number of hydrogen-bond donors (Lipinski definition) is 0. The highest BCUT2D eigenvalue weighted by Crippen LogP contribution is 2.41. The molecule has 0 bridgehead atoms. The molecule has 1 aromatic rings. The van der Waals surface area contributed by atoms with E-state index in [4.69, 9.17) is 4.52 Å². The topological polar surface area (TPSA) is 38.9 Å². The van der Waals surface area contributed by atoms with Crippen molar-refractivity contribution < 1.29 is 4.52 Å². The number of nitrogens with zero attached hydrogens (tertiary/aromatic N) is 2. The van der Waals surface area contributed by atoms with Crippen molar-refractivity contribution in [1.29, 1.82) is 0 Å². The van der Waals surface area contributed by atoms with E-state index in [9.17, 15) is 0 Å². The maximum Gasteiger partial charge on any atom is 0.240 e. The third kappa shape index (κ3) is 2.76. The predicted octanol–water partition coefficient (Wildman–Crippen LogP) is 3.83. The summed E-state index contributed by atoms with van der Waals surface area (Å²) < 4.78 is 5.29. The molecule has 2 heterocycles. The van der Waals surface area contributed by atoms with Gasteiger partial charge in [-0.25, -0.2) is 0 Å². The molecule has 6 heteroatoms. The first-order chi connectivity index (χ1) is 7.72. The monoisotopic (exact) mass is 322 g/mol. The summed E-state index contributed by atoms with van der Waals surface area (Å²) in [6.07, 6.45) is 0.962. The van der Waals surface area contributed by atoms with E-state index in [1.165, 1.54) is 11.5 Å². The Morgan fingerprint density at radius 3 is 2.94 bits per heavy atom. The molecule has 90 valence electrons. The van der Waals surface area contributed by atoms with Gasteiger partial charge in [-0.2, -0.15) is 16.7 Å². The van der Waals surface area contributed by atoms with Crippen LogP contribution in [0.4, 0.5) is 0 Å². The third-order valence-electron chi connectivity index (χ3n) is 2.53. The Morgan fingerprint density at radius 1 is 1.50 bits per heavy atom. The van der Waals surface area contributed by atoms with Gasteiger partial charge in [-0.3, -0.25) is 0 Å². The van der Waals surface area contributed by atoms with Crippen LogP contribution in [-0.2, 0) is 0 Å². The second-order valence-electron chi connectivity index (χ2n) is 3.73. The fourth-order valence-electron chi connectivity index (χ4n) is 1.58. The third-order valence-corrected chi connectivity index (χ3v) is 6.65. The fourth-order valence-corrected chi connectivity index (χ4v) is 4.45. The number of rotatable bonds is 3. The largest absolute Gasteiger partial charge is 0.338 e. The zero-order valence-electron chi connectivity index (χ0n) is 9.35. The smallest absolute Gasteiger partial charge is 0.240 e. The lowest BCUT2D eigenvalue weighted by molar-refractivity contribution is 0.371. The molecule has 3 nitrogen and oxygen atoms in total. The lowest BCUT2D eigenvalue weighted by Crippen LogP contribution is -2.16. The molecule has 1 aliphatic rings. The Labute approximate surface area is 113 Å². The predicted molar refractivity (Wildman–Crippen MR) is 73.4 cm³/mol. The summed E-state index contributed by atoms with van der Waals surface area (Å²) in [7, 11) is 0. The summed E-state index contributed by atoms with van der Waals surface area (Å²) in [4.78, 5) is 4.68. The van der Waals surface area contributed by atoms with Crippen LogP contribution >= 0.6 is 39.5 Å². The van der Waals surface area contributed by atoms with Crippen LogP contribution < -0.4 is 0 Å². The molecule has 0 N–H and O–H groups in total. The number of hydrogen-bond acceptors (Lipinski definition) is 5. The second kappa shape index (κ2) is 5.78. The van der Waals surface area contributed by atoms with E-state index in [0.29, 0.717) is 16.4 Å². The SMILES string of the molecule is CCC(Br)c1nc(C2SCCSC2C)no1. The van der Waals surface area contributed by atoms with Crippen molar-refractivity contribution in [3.05, 3.63) is 11.7 Å². The molecule has 0 amide bonds. The molecule has 0 aromatic carbocycles. The van der Waals surface area contributed by atoms with Gasteiger partial charge in [-0.15, -0.1) is 11.8 Å². The molecule has 3 unspecified atom stereocenters. The van der Waals surface area contributed by atoms with Gasteiger partial charge >= 0.3 is 0 Å². The maximum atomic E-state index is 5.29. The average Bonchev–Trinajstić information content (AvgIpc) is 2.78. The van der Waals surface area contributed by atoms with E-state index < -0.39 is 0 Å². The van der Waals surface area contributed by atoms with Crippen molar-refractivity contribution in [2.45, 2.75) is 35.6 Å². The fraction of sp³-hybridized carbons (Fsp3) is 0.800. The van der Waals surface area contributed by atoms with Gasteiger partial charge in [0.1, 0.15) is 0 Å². The van der Waals surface area contributed by atoms with Crippen LogP contribution in [0.1, 0.15) is 42.1 Å². The van der Waals surface area contributed by atoms with Gasteiger partial charge in [-0.05, 0) is 6.42 Å². The Bertz CT molecular complexity index is 347. The van der Waals surface area contributed by atoms with Crippen molar-refractivity contribution >= 4 is 39.5 Å². The molecule has 0 spiro atoms. The van der Waals surface area contributed by atoms with Crippen molar-refractivity contribution in [3.8, 4) is 0 Å². The highest BCUT2D eigenvalue weighted by molar-refractivity contribution is 9.09. The van der Waals surface area contributed by atoms with Crippen LogP contribution in [0.25, 0.3) is 0 Å². The zero-order chi connectivity index (χ0) is 11.5. The van der Waals surface area contributed by atoms with Crippen LogP contribution in [0.15, 0.2) is 4.52 Å². The van der Waals surface area contributed by atoms with E-state index in [-0.39, 0.29) is 4.83 Å². The van der Waals surface area contributed by atoms with Crippen LogP contribution in [-0.4, -0.2) is 26.9 Å². The Morgan fingerprint density at radius 2 is 2.25 bits per heavy atom. The summed E-state index contributed by atoms with van der Waals surface area (Å²) >= 11 is 7.46. The molecule has 0 radical (unpaired) electrons. The normalized spacial score (nSPS) is 27.9. The first-order valence-corrected chi connectivity index (χ1v) is 8.44. The summed E-state index contributed by atoms with van der Waals surface area (Å²) in [6.45, 7) is 4.33. The minimum atomic E-state index is 0.185. The van der Waals surface area contributed by atoms with Crippen LogP contribution in [0.3, 0.4) is 0 Å². The van der Waals surface area contributed by atoms with Gasteiger partial charge in [0.2, 0.25) is 5.89 Å². The quantitative estimate of drug-likeness (QED) is 0.791. The summed E-state index contributed by atoms with van der Waals surface area (Å²) in [6, 6.07) is 0. The Hall–Kier alpha value is 0.320. The lowest BCUT2D eigenvalue weighted by Gasteiger charge is -2.24.